The summed E-state index contributed by atoms with van der Waals surface area (Å²) in [5, 5.41) is 9.95. The van der Waals surface area contributed by atoms with Gasteiger partial charge >= 0.3 is 0 Å². The molecule has 1 aliphatic rings. The van der Waals surface area contributed by atoms with Crippen LogP contribution in [0.25, 0.3) is 0 Å². The average molecular weight is 246 g/mol. The van der Waals surface area contributed by atoms with Gasteiger partial charge in [0.1, 0.15) is 12.6 Å². The van der Waals surface area contributed by atoms with Gasteiger partial charge in [-0.05, 0) is 37.9 Å². The average Bonchev–Trinajstić information content (AvgIpc) is 2.53. The van der Waals surface area contributed by atoms with Crippen molar-refractivity contribution >= 4 is 11.8 Å². The van der Waals surface area contributed by atoms with Crippen molar-refractivity contribution in [3.63, 3.8) is 0 Å². The molecule has 96 valence electrons. The van der Waals surface area contributed by atoms with Gasteiger partial charge in [0, 0.05) is 5.75 Å². The van der Waals surface area contributed by atoms with Crippen LogP contribution in [0.15, 0.2) is 0 Å². The molecule has 3 heteroatoms. The number of hydrogen-bond donors (Lipinski definition) is 2. The van der Waals surface area contributed by atoms with Gasteiger partial charge < -0.3 is 10.0 Å². The van der Waals surface area contributed by atoms with Crippen LogP contribution in [-0.2, 0) is 0 Å². The van der Waals surface area contributed by atoms with Gasteiger partial charge in [-0.25, -0.2) is 0 Å². The van der Waals surface area contributed by atoms with E-state index in [1.165, 1.54) is 57.4 Å². The highest BCUT2D eigenvalue weighted by Crippen LogP contribution is 2.06. The van der Waals surface area contributed by atoms with Crippen molar-refractivity contribution in [1.29, 1.82) is 0 Å². The molecule has 0 saturated carbocycles. The van der Waals surface area contributed by atoms with Crippen LogP contribution in [0.5, 0.6) is 0 Å². The molecule has 0 unspecified atom stereocenters. The third kappa shape index (κ3) is 6.77. The first kappa shape index (κ1) is 14.3. The van der Waals surface area contributed by atoms with Crippen LogP contribution in [0.3, 0.4) is 0 Å². The third-order valence-electron chi connectivity index (χ3n) is 3.29. The number of rotatable bonds is 7. The van der Waals surface area contributed by atoms with Crippen LogP contribution < -0.4 is 4.90 Å². The highest BCUT2D eigenvalue weighted by atomic mass is 32.2. The molecule has 0 radical (unpaired) electrons. The van der Waals surface area contributed by atoms with E-state index in [2.05, 4.69) is 6.92 Å². The van der Waals surface area contributed by atoms with Gasteiger partial charge in [0.25, 0.3) is 0 Å². The molecule has 0 aliphatic carbocycles. The normalized spacial score (nSPS) is 20.6. The standard InChI is InChI=1S/C13H27NOS/c1-2-3-10-16-12-13(15)11-14-8-6-4-5-7-9-14/h13,15H,2-12H2,1H3/p+1/t13-/m1/s1. The Morgan fingerprint density at radius 3 is 2.50 bits per heavy atom. The van der Waals surface area contributed by atoms with E-state index < -0.39 is 0 Å². The molecule has 0 bridgehead atoms. The highest BCUT2D eigenvalue weighted by Gasteiger charge is 2.16. The Labute approximate surface area is 105 Å². The number of aliphatic hydroxyl groups is 1. The Kier molecular flexibility index (Phi) is 8.34. The lowest BCUT2D eigenvalue weighted by molar-refractivity contribution is -0.902. The maximum atomic E-state index is 9.95. The molecule has 1 aliphatic heterocycles. The number of hydrogen-bond acceptors (Lipinski definition) is 2. The van der Waals surface area contributed by atoms with Crippen molar-refractivity contribution in [2.24, 2.45) is 0 Å². The van der Waals surface area contributed by atoms with E-state index in [-0.39, 0.29) is 6.10 Å². The molecule has 16 heavy (non-hydrogen) atoms. The van der Waals surface area contributed by atoms with Crippen LogP contribution >= 0.6 is 11.8 Å². The smallest absolute Gasteiger partial charge is 0.112 e. The molecular formula is C13H28NOS+. The highest BCUT2D eigenvalue weighted by molar-refractivity contribution is 7.99. The van der Waals surface area contributed by atoms with Gasteiger partial charge in [-0.15, -0.1) is 0 Å². The minimum absolute atomic E-state index is 0.0880. The molecule has 0 aromatic carbocycles. The summed E-state index contributed by atoms with van der Waals surface area (Å²) in [4.78, 5) is 1.63. The molecular weight excluding hydrogens is 218 g/mol. The number of unbranched alkanes of at least 4 members (excludes halogenated alkanes) is 1. The summed E-state index contributed by atoms with van der Waals surface area (Å²) >= 11 is 1.92. The quantitative estimate of drug-likeness (QED) is 0.663. The molecule has 0 spiro atoms. The fourth-order valence-corrected chi connectivity index (χ4v) is 3.34. The van der Waals surface area contributed by atoms with E-state index in [1.54, 1.807) is 4.90 Å². The van der Waals surface area contributed by atoms with Gasteiger partial charge in [-0.1, -0.05) is 13.3 Å². The summed E-state index contributed by atoms with van der Waals surface area (Å²) in [6.07, 6.45) is 7.95. The maximum absolute atomic E-state index is 9.95. The van der Waals surface area contributed by atoms with Gasteiger partial charge in [0.2, 0.25) is 0 Å². The summed E-state index contributed by atoms with van der Waals surface area (Å²) in [6.45, 7) is 5.74. The molecule has 1 atom stereocenters. The monoisotopic (exact) mass is 246 g/mol. The second kappa shape index (κ2) is 9.32. The minimum atomic E-state index is -0.0880. The lowest BCUT2D eigenvalue weighted by Crippen LogP contribution is -3.13. The van der Waals surface area contributed by atoms with Crippen LogP contribution in [0, 0.1) is 0 Å². The zero-order valence-electron chi connectivity index (χ0n) is 10.7. The number of quaternary nitrogens is 1. The van der Waals surface area contributed by atoms with Gasteiger partial charge in [0.15, 0.2) is 0 Å². The van der Waals surface area contributed by atoms with E-state index in [4.69, 9.17) is 0 Å². The molecule has 0 amide bonds. The molecule has 0 aromatic rings. The summed E-state index contributed by atoms with van der Waals surface area (Å²) in [6, 6.07) is 0. The number of aliphatic hydroxyl groups excluding tert-OH is 1. The molecule has 0 aromatic heterocycles. The Morgan fingerprint density at radius 1 is 1.19 bits per heavy atom. The third-order valence-corrected chi connectivity index (χ3v) is 4.49. The van der Waals surface area contributed by atoms with Crippen molar-refractivity contribution in [3.05, 3.63) is 0 Å². The Bertz CT molecular complexity index is 158. The first-order valence-corrected chi connectivity index (χ1v) is 8.07. The first-order valence-electron chi connectivity index (χ1n) is 6.92. The van der Waals surface area contributed by atoms with Gasteiger partial charge in [0.05, 0.1) is 13.1 Å². The summed E-state index contributed by atoms with van der Waals surface area (Å²) < 4.78 is 0. The minimum Gasteiger partial charge on any atom is -0.386 e. The van der Waals surface area contributed by atoms with Crippen molar-refractivity contribution in [2.75, 3.05) is 31.1 Å². The second-order valence-electron chi connectivity index (χ2n) is 4.95. The van der Waals surface area contributed by atoms with Crippen LogP contribution in [0.2, 0.25) is 0 Å². The van der Waals surface area contributed by atoms with Gasteiger partial charge in [-0.3, -0.25) is 0 Å². The van der Waals surface area contributed by atoms with Crippen LogP contribution in [0.4, 0.5) is 0 Å². The summed E-state index contributed by atoms with van der Waals surface area (Å²) in [5.41, 5.74) is 0. The SMILES string of the molecule is CCCCSC[C@H](O)C[NH+]1CCCCCC1. The zero-order chi connectivity index (χ0) is 11.6. The van der Waals surface area contributed by atoms with E-state index in [1.807, 2.05) is 11.8 Å². The van der Waals surface area contributed by atoms with Crippen molar-refractivity contribution < 1.29 is 10.0 Å². The Morgan fingerprint density at radius 2 is 1.88 bits per heavy atom. The van der Waals surface area contributed by atoms with E-state index in [0.717, 1.165) is 12.3 Å². The fourth-order valence-electron chi connectivity index (χ4n) is 2.29. The van der Waals surface area contributed by atoms with Crippen molar-refractivity contribution in [3.8, 4) is 0 Å². The second-order valence-corrected chi connectivity index (χ2v) is 6.10. The molecule has 1 saturated heterocycles. The summed E-state index contributed by atoms with van der Waals surface area (Å²) in [7, 11) is 0. The molecule has 1 heterocycles. The topological polar surface area (TPSA) is 24.7 Å². The van der Waals surface area contributed by atoms with Crippen LogP contribution in [-0.4, -0.2) is 42.4 Å². The van der Waals surface area contributed by atoms with Gasteiger partial charge in [-0.2, -0.15) is 11.8 Å². The molecule has 1 fully saturated rings. The van der Waals surface area contributed by atoms with E-state index >= 15 is 0 Å². The molecule has 2 nitrogen and oxygen atoms in total. The Hall–Kier alpha value is 0.270. The van der Waals surface area contributed by atoms with Crippen LogP contribution in [0.1, 0.15) is 45.4 Å². The number of nitrogens with one attached hydrogen (secondary N) is 1. The Balaban J connectivity index is 2.04. The largest absolute Gasteiger partial charge is 0.386 e. The van der Waals surface area contributed by atoms with E-state index in [0.29, 0.717) is 0 Å². The predicted molar refractivity (Wildman–Crippen MR) is 72.3 cm³/mol. The molecule has 2 N–H and O–H groups in total. The van der Waals surface area contributed by atoms with Crippen molar-refractivity contribution in [1.82, 2.24) is 0 Å². The maximum Gasteiger partial charge on any atom is 0.112 e. The lowest BCUT2D eigenvalue weighted by Gasteiger charge is -2.20. The number of thioether (sulfide) groups is 1. The zero-order valence-corrected chi connectivity index (χ0v) is 11.5. The van der Waals surface area contributed by atoms with E-state index in [9.17, 15) is 5.11 Å². The predicted octanol–water partition coefficient (Wildman–Crippen LogP) is 1.34. The summed E-state index contributed by atoms with van der Waals surface area (Å²) in [5.74, 6) is 2.15. The molecule has 1 rings (SSSR count). The fraction of sp³-hybridized carbons (Fsp3) is 1.00. The first-order chi connectivity index (χ1) is 7.83. The lowest BCUT2D eigenvalue weighted by atomic mass is 10.2. The number of likely N-dealkylation sites (tertiary alicyclic amines) is 1. The van der Waals surface area contributed by atoms with Crippen molar-refractivity contribution in [2.45, 2.75) is 51.6 Å².